The third-order valence-corrected chi connectivity index (χ3v) is 6.80. The third kappa shape index (κ3) is 3.09. The van der Waals surface area contributed by atoms with Gasteiger partial charge in [-0.15, -0.1) is 0 Å². The van der Waals surface area contributed by atoms with Gasteiger partial charge in [0.15, 0.2) is 17.0 Å². The van der Waals surface area contributed by atoms with Crippen molar-refractivity contribution < 1.29 is 10.2 Å². The highest BCUT2D eigenvalue weighted by atomic mass is 35.5. The Morgan fingerprint density at radius 3 is 2.44 bits per heavy atom. The maximum atomic E-state index is 10.5. The van der Waals surface area contributed by atoms with Crippen molar-refractivity contribution in [3.05, 3.63) is 11.6 Å². The molecule has 146 valence electrons. The number of aromatic nitrogens is 4. The standard InChI is InChI=1S/C19H26ClN5O2/c20-19-23-17(22-10-6-4-2-1-3-5-7-10)13-18(24-19)25(9-21-13)14-11-8-12(11)15(26)16(14)27/h9-12,14-16,26-27H,1-8H2,(H,22,23,24)/t11-,12+,14+,15+,16-/m0/s1. The minimum atomic E-state index is -0.790. The average molecular weight is 392 g/mol. The topological polar surface area (TPSA) is 96.1 Å². The summed E-state index contributed by atoms with van der Waals surface area (Å²) in [6, 6.07) is 0.173. The van der Waals surface area contributed by atoms with Crippen LogP contribution in [0.15, 0.2) is 6.33 Å². The maximum Gasteiger partial charge on any atom is 0.226 e. The molecular weight excluding hydrogens is 366 g/mol. The summed E-state index contributed by atoms with van der Waals surface area (Å²) < 4.78 is 1.89. The normalized spacial score (nSPS) is 34.3. The molecule has 5 rings (SSSR count). The smallest absolute Gasteiger partial charge is 0.226 e. The average Bonchev–Trinajstić information content (AvgIpc) is 3.22. The summed E-state index contributed by atoms with van der Waals surface area (Å²) in [7, 11) is 0. The van der Waals surface area contributed by atoms with Crippen LogP contribution in [0.2, 0.25) is 5.28 Å². The monoisotopic (exact) mass is 391 g/mol. The van der Waals surface area contributed by atoms with E-state index >= 15 is 0 Å². The number of hydrogen-bond donors (Lipinski definition) is 3. The molecule has 3 saturated carbocycles. The number of aliphatic hydroxyl groups is 2. The lowest BCUT2D eigenvalue weighted by Gasteiger charge is -2.23. The van der Waals surface area contributed by atoms with Crippen molar-refractivity contribution in [2.24, 2.45) is 11.8 Å². The van der Waals surface area contributed by atoms with E-state index in [0.29, 0.717) is 23.0 Å². The van der Waals surface area contributed by atoms with Crippen molar-refractivity contribution in [3.63, 3.8) is 0 Å². The molecule has 2 heterocycles. The number of fused-ring (bicyclic) bond motifs is 2. The molecule has 3 aliphatic rings. The number of nitrogens with one attached hydrogen (secondary N) is 1. The van der Waals surface area contributed by atoms with Crippen LogP contribution < -0.4 is 5.32 Å². The Balaban J connectivity index is 1.47. The maximum absolute atomic E-state index is 10.5. The lowest BCUT2D eigenvalue weighted by Crippen LogP contribution is -2.31. The van der Waals surface area contributed by atoms with E-state index in [4.69, 9.17) is 11.6 Å². The molecule has 0 unspecified atom stereocenters. The van der Waals surface area contributed by atoms with Gasteiger partial charge in [0.2, 0.25) is 5.28 Å². The molecule has 27 heavy (non-hydrogen) atoms. The van der Waals surface area contributed by atoms with E-state index < -0.39 is 12.2 Å². The molecule has 8 heteroatoms. The Hall–Kier alpha value is -1.44. The molecule has 2 aromatic rings. The summed E-state index contributed by atoms with van der Waals surface area (Å²) >= 11 is 6.23. The second kappa shape index (κ2) is 6.87. The fraction of sp³-hybridized carbons (Fsp3) is 0.737. The van der Waals surface area contributed by atoms with Crippen molar-refractivity contribution in [1.29, 1.82) is 0 Å². The predicted molar refractivity (Wildman–Crippen MR) is 103 cm³/mol. The molecule has 3 aliphatic carbocycles. The van der Waals surface area contributed by atoms with Crippen molar-refractivity contribution in [1.82, 2.24) is 19.5 Å². The molecular formula is C19H26ClN5O2. The van der Waals surface area contributed by atoms with E-state index in [0.717, 1.165) is 19.3 Å². The first-order valence-corrected chi connectivity index (χ1v) is 10.5. The van der Waals surface area contributed by atoms with Crippen LogP contribution in [0.25, 0.3) is 11.2 Å². The molecule has 3 N–H and O–H groups in total. The van der Waals surface area contributed by atoms with Gasteiger partial charge >= 0.3 is 0 Å². The quantitative estimate of drug-likeness (QED) is 0.696. The van der Waals surface area contributed by atoms with E-state index in [1.807, 2.05) is 4.57 Å². The van der Waals surface area contributed by atoms with Crippen LogP contribution in [0.4, 0.5) is 5.82 Å². The first kappa shape index (κ1) is 17.6. The Bertz CT molecular complexity index is 835. The van der Waals surface area contributed by atoms with Crippen LogP contribution in [0.3, 0.4) is 0 Å². The molecule has 3 fully saturated rings. The number of imidazole rings is 1. The summed E-state index contributed by atoms with van der Waals surface area (Å²) in [5.41, 5.74) is 1.32. The summed E-state index contributed by atoms with van der Waals surface area (Å²) in [6.45, 7) is 0. The Labute approximate surface area is 163 Å². The zero-order chi connectivity index (χ0) is 18.5. The van der Waals surface area contributed by atoms with E-state index in [-0.39, 0.29) is 23.2 Å². The van der Waals surface area contributed by atoms with Gasteiger partial charge in [-0.3, -0.25) is 0 Å². The van der Waals surface area contributed by atoms with Gasteiger partial charge in [0.25, 0.3) is 0 Å². The van der Waals surface area contributed by atoms with Gasteiger partial charge in [0.05, 0.1) is 18.5 Å². The van der Waals surface area contributed by atoms with Crippen molar-refractivity contribution >= 4 is 28.6 Å². The molecule has 0 bridgehead atoms. The molecule has 0 aliphatic heterocycles. The van der Waals surface area contributed by atoms with Gasteiger partial charge in [0, 0.05) is 6.04 Å². The Morgan fingerprint density at radius 1 is 1.00 bits per heavy atom. The van der Waals surface area contributed by atoms with Gasteiger partial charge in [-0.05, 0) is 42.7 Å². The minimum Gasteiger partial charge on any atom is -0.390 e. The SMILES string of the molecule is O[C@@H]1[C@H](O)[C@@H]2C[C@@H]2[C@H]1n1cnc2c(NC3CCCCCCC3)nc(Cl)nc21. The van der Waals surface area contributed by atoms with Crippen LogP contribution in [-0.2, 0) is 0 Å². The van der Waals surface area contributed by atoms with Crippen LogP contribution in [0, 0.1) is 11.8 Å². The first-order chi connectivity index (χ1) is 13.1. The van der Waals surface area contributed by atoms with Gasteiger partial charge in [0.1, 0.15) is 6.10 Å². The second-order valence-corrected chi connectivity index (χ2v) is 8.72. The molecule has 5 atom stereocenters. The zero-order valence-electron chi connectivity index (χ0n) is 15.3. The highest BCUT2D eigenvalue weighted by Gasteiger charge is 2.60. The number of aliphatic hydroxyl groups excluding tert-OH is 2. The predicted octanol–water partition coefficient (Wildman–Crippen LogP) is 2.92. The molecule has 0 amide bonds. The highest BCUT2D eigenvalue weighted by molar-refractivity contribution is 6.28. The molecule has 0 spiro atoms. The Morgan fingerprint density at radius 2 is 1.74 bits per heavy atom. The van der Waals surface area contributed by atoms with E-state index in [9.17, 15) is 10.2 Å². The second-order valence-electron chi connectivity index (χ2n) is 8.39. The van der Waals surface area contributed by atoms with Gasteiger partial charge < -0.3 is 20.1 Å². The van der Waals surface area contributed by atoms with Crippen molar-refractivity contribution in [2.45, 2.75) is 75.7 Å². The molecule has 0 aromatic carbocycles. The molecule has 2 aromatic heterocycles. The summed E-state index contributed by atoms with van der Waals surface area (Å²) in [4.78, 5) is 13.4. The lowest BCUT2D eigenvalue weighted by atomic mass is 9.97. The van der Waals surface area contributed by atoms with Gasteiger partial charge in [-0.2, -0.15) is 9.97 Å². The van der Waals surface area contributed by atoms with E-state index in [1.54, 1.807) is 6.33 Å². The van der Waals surface area contributed by atoms with E-state index in [1.165, 1.54) is 32.1 Å². The number of nitrogens with zero attached hydrogens (tertiary/aromatic N) is 4. The van der Waals surface area contributed by atoms with E-state index in [2.05, 4.69) is 20.3 Å². The Kier molecular flexibility index (Phi) is 4.49. The summed E-state index contributed by atoms with van der Waals surface area (Å²) in [6.07, 6.45) is 9.81. The molecule has 0 saturated heterocycles. The van der Waals surface area contributed by atoms with Crippen LogP contribution in [-0.4, -0.2) is 48.0 Å². The number of halogens is 1. The third-order valence-electron chi connectivity index (χ3n) is 6.63. The van der Waals surface area contributed by atoms with Gasteiger partial charge in [-0.25, -0.2) is 4.98 Å². The highest BCUT2D eigenvalue weighted by Crippen LogP contribution is 2.57. The molecule has 7 nitrogen and oxygen atoms in total. The van der Waals surface area contributed by atoms with Crippen molar-refractivity contribution in [3.8, 4) is 0 Å². The zero-order valence-corrected chi connectivity index (χ0v) is 16.0. The minimum absolute atomic E-state index is 0.179. The van der Waals surface area contributed by atoms with Crippen molar-refractivity contribution in [2.75, 3.05) is 5.32 Å². The first-order valence-electron chi connectivity index (χ1n) is 10.2. The summed E-state index contributed by atoms with van der Waals surface area (Å²) in [5, 5.41) is 24.4. The number of rotatable bonds is 3. The lowest BCUT2D eigenvalue weighted by molar-refractivity contribution is 0.00386. The van der Waals surface area contributed by atoms with Gasteiger partial charge in [-0.1, -0.05) is 32.1 Å². The van der Waals surface area contributed by atoms with Crippen LogP contribution >= 0.6 is 11.6 Å². The number of hydrogen-bond acceptors (Lipinski definition) is 6. The van der Waals surface area contributed by atoms with Crippen LogP contribution in [0.1, 0.15) is 57.4 Å². The van der Waals surface area contributed by atoms with Crippen LogP contribution in [0.5, 0.6) is 0 Å². The fourth-order valence-corrected chi connectivity index (χ4v) is 5.27. The summed E-state index contributed by atoms with van der Waals surface area (Å²) in [5.74, 6) is 1.14. The number of anilines is 1. The fourth-order valence-electron chi connectivity index (χ4n) is 5.10. The largest absolute Gasteiger partial charge is 0.390 e. The molecule has 0 radical (unpaired) electrons.